The van der Waals surface area contributed by atoms with E-state index in [0.717, 1.165) is 5.56 Å². The number of amides is 1. The normalized spacial score (nSPS) is 9.83. The third-order valence-corrected chi connectivity index (χ3v) is 2.70. The number of para-hydroxylation sites is 1. The van der Waals surface area contributed by atoms with Crippen LogP contribution in [0.2, 0.25) is 0 Å². The van der Waals surface area contributed by atoms with Crippen molar-refractivity contribution in [1.29, 1.82) is 0 Å². The molecule has 0 aliphatic carbocycles. The summed E-state index contributed by atoms with van der Waals surface area (Å²) in [5.41, 5.74) is 2.73. The zero-order valence-electron chi connectivity index (χ0n) is 10.0. The monoisotopic (exact) mass is 239 g/mol. The molecule has 0 heterocycles. The fourth-order valence-electron chi connectivity index (χ4n) is 1.73. The molecule has 0 fully saturated rings. The number of rotatable bonds is 4. The van der Waals surface area contributed by atoms with Crippen molar-refractivity contribution in [1.82, 2.24) is 0 Å². The van der Waals surface area contributed by atoms with E-state index < -0.39 is 0 Å². The topological polar surface area (TPSA) is 46.2 Å². The molecule has 0 aromatic heterocycles. The maximum absolute atomic E-state index is 12.3. The second-order valence-electron chi connectivity index (χ2n) is 4.00. The number of nitrogens with one attached hydrogen (secondary N) is 1. The first kappa shape index (κ1) is 12.0. The molecule has 90 valence electrons. The molecule has 0 aliphatic heterocycles. The maximum atomic E-state index is 12.3. The molecule has 0 saturated carbocycles. The number of ketones is 1. The lowest BCUT2D eigenvalue weighted by Gasteiger charge is -2.07. The van der Waals surface area contributed by atoms with Gasteiger partial charge in [-0.05, 0) is 19.1 Å². The van der Waals surface area contributed by atoms with Gasteiger partial charge in [-0.2, -0.15) is 0 Å². The molecule has 2 aromatic rings. The average Bonchev–Trinajstić information content (AvgIpc) is 2.40. The van der Waals surface area contributed by atoms with Crippen molar-refractivity contribution < 1.29 is 9.59 Å². The molecule has 0 radical (unpaired) electrons. The average molecular weight is 239 g/mol. The van der Waals surface area contributed by atoms with E-state index in [0.29, 0.717) is 23.2 Å². The molecule has 1 amide bonds. The van der Waals surface area contributed by atoms with Crippen molar-refractivity contribution in [2.45, 2.75) is 6.92 Å². The van der Waals surface area contributed by atoms with Crippen LogP contribution in [-0.2, 0) is 4.79 Å². The molecule has 0 atom stereocenters. The van der Waals surface area contributed by atoms with Crippen molar-refractivity contribution in [3.05, 3.63) is 65.2 Å². The maximum Gasteiger partial charge on any atom is 0.211 e. The molecule has 0 aliphatic rings. The van der Waals surface area contributed by atoms with Gasteiger partial charge >= 0.3 is 0 Å². The number of anilines is 1. The zero-order valence-corrected chi connectivity index (χ0v) is 10.0. The molecule has 2 rings (SSSR count). The second kappa shape index (κ2) is 5.27. The first-order valence-electron chi connectivity index (χ1n) is 5.63. The SMILES string of the molecule is Cc1ccc(C(=O)c2ccccc2NC=O)cc1. The van der Waals surface area contributed by atoms with Crippen LogP contribution in [0.15, 0.2) is 48.5 Å². The molecule has 3 nitrogen and oxygen atoms in total. The molecule has 18 heavy (non-hydrogen) atoms. The van der Waals surface area contributed by atoms with Crippen LogP contribution in [0.4, 0.5) is 5.69 Å². The van der Waals surface area contributed by atoms with Crippen LogP contribution >= 0.6 is 0 Å². The van der Waals surface area contributed by atoms with Crippen LogP contribution in [0.25, 0.3) is 0 Å². The summed E-state index contributed by atoms with van der Waals surface area (Å²) in [5, 5.41) is 2.54. The Kier molecular flexibility index (Phi) is 3.53. The van der Waals surface area contributed by atoms with E-state index in [-0.39, 0.29) is 5.78 Å². The van der Waals surface area contributed by atoms with Crippen molar-refractivity contribution in [3.63, 3.8) is 0 Å². The van der Waals surface area contributed by atoms with Crippen molar-refractivity contribution in [2.24, 2.45) is 0 Å². The molecule has 0 saturated heterocycles. The van der Waals surface area contributed by atoms with E-state index in [1.54, 1.807) is 36.4 Å². The third kappa shape index (κ3) is 2.46. The lowest BCUT2D eigenvalue weighted by atomic mass is 10.0. The Balaban J connectivity index is 2.39. The number of carbonyl (C=O) groups is 2. The first-order valence-corrected chi connectivity index (χ1v) is 5.63. The van der Waals surface area contributed by atoms with Crippen LogP contribution in [-0.4, -0.2) is 12.2 Å². The van der Waals surface area contributed by atoms with E-state index in [1.165, 1.54) is 0 Å². The number of hydrogen-bond donors (Lipinski definition) is 1. The highest BCUT2D eigenvalue weighted by atomic mass is 16.1. The fourth-order valence-corrected chi connectivity index (χ4v) is 1.73. The number of hydrogen-bond acceptors (Lipinski definition) is 2. The van der Waals surface area contributed by atoms with E-state index in [2.05, 4.69) is 5.32 Å². The van der Waals surface area contributed by atoms with Crippen LogP contribution in [0.3, 0.4) is 0 Å². The predicted octanol–water partition coefficient (Wildman–Crippen LogP) is 2.79. The van der Waals surface area contributed by atoms with Gasteiger partial charge < -0.3 is 5.32 Å². The highest BCUT2D eigenvalue weighted by Crippen LogP contribution is 2.18. The third-order valence-electron chi connectivity index (χ3n) is 2.70. The van der Waals surface area contributed by atoms with E-state index >= 15 is 0 Å². The van der Waals surface area contributed by atoms with Gasteiger partial charge in [0.25, 0.3) is 0 Å². The lowest BCUT2D eigenvalue weighted by molar-refractivity contribution is -0.105. The zero-order chi connectivity index (χ0) is 13.0. The predicted molar refractivity (Wildman–Crippen MR) is 70.7 cm³/mol. The molecule has 0 unspecified atom stereocenters. The van der Waals surface area contributed by atoms with Gasteiger partial charge in [0, 0.05) is 11.1 Å². The lowest BCUT2D eigenvalue weighted by Crippen LogP contribution is -2.06. The summed E-state index contributed by atoms with van der Waals surface area (Å²) in [7, 11) is 0. The molecular weight excluding hydrogens is 226 g/mol. The van der Waals surface area contributed by atoms with Crippen LogP contribution in [0.5, 0.6) is 0 Å². The molecule has 3 heteroatoms. The molecular formula is C15H13NO2. The fraction of sp³-hybridized carbons (Fsp3) is 0.0667. The molecule has 0 spiro atoms. The van der Waals surface area contributed by atoms with Gasteiger partial charge in [0.1, 0.15) is 0 Å². The van der Waals surface area contributed by atoms with Gasteiger partial charge in [0.2, 0.25) is 6.41 Å². The Morgan fingerprint density at radius 1 is 1.06 bits per heavy atom. The van der Waals surface area contributed by atoms with Gasteiger partial charge in [-0.1, -0.05) is 42.0 Å². The van der Waals surface area contributed by atoms with Gasteiger partial charge in [-0.25, -0.2) is 0 Å². The van der Waals surface area contributed by atoms with Crippen molar-refractivity contribution >= 4 is 17.9 Å². The summed E-state index contributed by atoms with van der Waals surface area (Å²) < 4.78 is 0. The Bertz CT molecular complexity index is 573. The number of benzene rings is 2. The molecule has 1 N–H and O–H groups in total. The van der Waals surface area contributed by atoms with Gasteiger partial charge in [0.05, 0.1) is 5.69 Å². The Labute approximate surface area is 105 Å². The van der Waals surface area contributed by atoms with Crippen molar-refractivity contribution in [2.75, 3.05) is 5.32 Å². The number of aryl methyl sites for hydroxylation is 1. The van der Waals surface area contributed by atoms with Gasteiger partial charge in [0.15, 0.2) is 5.78 Å². The highest BCUT2D eigenvalue weighted by molar-refractivity contribution is 6.13. The quantitative estimate of drug-likeness (QED) is 0.658. The molecule has 2 aromatic carbocycles. The summed E-state index contributed by atoms with van der Waals surface area (Å²) in [6.07, 6.45) is 0.571. The summed E-state index contributed by atoms with van der Waals surface area (Å²) in [5.74, 6) is -0.0973. The van der Waals surface area contributed by atoms with E-state index in [1.807, 2.05) is 19.1 Å². The Morgan fingerprint density at radius 2 is 1.72 bits per heavy atom. The summed E-state index contributed by atoms with van der Waals surface area (Å²) in [4.78, 5) is 22.8. The summed E-state index contributed by atoms with van der Waals surface area (Å²) >= 11 is 0. The first-order chi connectivity index (χ1) is 8.72. The van der Waals surface area contributed by atoms with E-state index in [4.69, 9.17) is 0 Å². The van der Waals surface area contributed by atoms with Crippen LogP contribution < -0.4 is 5.32 Å². The van der Waals surface area contributed by atoms with Crippen molar-refractivity contribution in [3.8, 4) is 0 Å². The summed E-state index contributed by atoms with van der Waals surface area (Å²) in [6, 6.07) is 14.3. The minimum Gasteiger partial charge on any atom is -0.328 e. The smallest absolute Gasteiger partial charge is 0.211 e. The highest BCUT2D eigenvalue weighted by Gasteiger charge is 2.12. The minimum absolute atomic E-state index is 0.0973. The summed E-state index contributed by atoms with van der Waals surface area (Å²) in [6.45, 7) is 1.97. The number of carbonyl (C=O) groups excluding carboxylic acids is 2. The Morgan fingerprint density at radius 3 is 2.39 bits per heavy atom. The van der Waals surface area contributed by atoms with Crippen LogP contribution in [0, 0.1) is 6.92 Å². The standard InChI is InChI=1S/C15H13NO2/c1-11-6-8-12(9-7-11)15(18)13-4-2-3-5-14(13)16-10-17/h2-10H,1H3,(H,16,17). The Hall–Kier alpha value is -2.42. The minimum atomic E-state index is -0.0973. The second-order valence-corrected chi connectivity index (χ2v) is 4.00. The molecule has 0 bridgehead atoms. The van der Waals surface area contributed by atoms with E-state index in [9.17, 15) is 9.59 Å². The van der Waals surface area contributed by atoms with Crippen LogP contribution in [0.1, 0.15) is 21.5 Å². The largest absolute Gasteiger partial charge is 0.328 e. The van der Waals surface area contributed by atoms with Gasteiger partial charge in [-0.3, -0.25) is 9.59 Å². The van der Waals surface area contributed by atoms with Gasteiger partial charge in [-0.15, -0.1) is 0 Å².